The third-order valence-electron chi connectivity index (χ3n) is 2.82. The molecule has 1 aliphatic carbocycles. The lowest BCUT2D eigenvalue weighted by atomic mass is 10.2. The number of pyridine rings is 1. The summed E-state index contributed by atoms with van der Waals surface area (Å²) in [4.78, 5) is 36.5. The molecule has 0 aliphatic heterocycles. The molecule has 1 heterocycles. The van der Waals surface area contributed by atoms with Crippen LogP contribution in [-0.2, 0) is 4.79 Å². The van der Waals surface area contributed by atoms with Crippen LogP contribution in [-0.4, -0.2) is 29.4 Å². The molecule has 1 aromatic rings. The maximum atomic E-state index is 11.6. The first kappa shape index (κ1) is 13.3. The van der Waals surface area contributed by atoms with Crippen molar-refractivity contribution in [1.82, 2.24) is 15.6 Å². The summed E-state index contributed by atoms with van der Waals surface area (Å²) in [5, 5.41) is 5.54. The van der Waals surface area contributed by atoms with Crippen LogP contribution in [0.2, 0.25) is 0 Å². The fourth-order valence-corrected chi connectivity index (χ4v) is 1.65. The summed E-state index contributed by atoms with van der Waals surface area (Å²) in [5.41, 5.74) is -0.0774. The SMILES string of the molecule is O=C(CCCNC(=O)c1cccc(=O)[nH]1)NC1CC1. The van der Waals surface area contributed by atoms with E-state index in [4.69, 9.17) is 0 Å². The summed E-state index contributed by atoms with van der Waals surface area (Å²) in [5.74, 6) is -0.301. The van der Waals surface area contributed by atoms with Gasteiger partial charge in [0.15, 0.2) is 0 Å². The maximum Gasteiger partial charge on any atom is 0.267 e. The van der Waals surface area contributed by atoms with Crippen LogP contribution in [0.25, 0.3) is 0 Å². The van der Waals surface area contributed by atoms with Gasteiger partial charge >= 0.3 is 0 Å². The van der Waals surface area contributed by atoms with Crippen molar-refractivity contribution in [2.45, 2.75) is 31.7 Å². The second-order valence-electron chi connectivity index (χ2n) is 4.63. The average molecular weight is 263 g/mol. The Hall–Kier alpha value is -2.11. The van der Waals surface area contributed by atoms with E-state index in [9.17, 15) is 14.4 Å². The molecule has 0 unspecified atom stereocenters. The second kappa shape index (κ2) is 6.17. The largest absolute Gasteiger partial charge is 0.353 e. The molecular formula is C13H17N3O3. The zero-order valence-electron chi connectivity index (χ0n) is 10.6. The Kier molecular flexibility index (Phi) is 4.33. The molecule has 0 saturated heterocycles. The number of rotatable bonds is 6. The van der Waals surface area contributed by atoms with Crippen LogP contribution < -0.4 is 16.2 Å². The number of aromatic nitrogens is 1. The Bertz CT molecular complexity index is 520. The van der Waals surface area contributed by atoms with Gasteiger partial charge in [0, 0.05) is 25.1 Å². The van der Waals surface area contributed by atoms with Gasteiger partial charge in [0.2, 0.25) is 11.5 Å². The molecule has 0 atom stereocenters. The van der Waals surface area contributed by atoms with Crippen molar-refractivity contribution >= 4 is 11.8 Å². The van der Waals surface area contributed by atoms with Crippen LogP contribution in [0.1, 0.15) is 36.2 Å². The number of hydrogen-bond donors (Lipinski definition) is 3. The van der Waals surface area contributed by atoms with Gasteiger partial charge in [-0.05, 0) is 25.3 Å². The summed E-state index contributed by atoms with van der Waals surface area (Å²) >= 11 is 0. The van der Waals surface area contributed by atoms with Gasteiger partial charge < -0.3 is 15.6 Å². The molecule has 1 aliphatic rings. The minimum absolute atomic E-state index is 0.0323. The molecule has 0 aromatic carbocycles. The molecule has 6 nitrogen and oxygen atoms in total. The van der Waals surface area contributed by atoms with E-state index in [0.717, 1.165) is 12.8 Å². The van der Waals surface area contributed by atoms with Crippen LogP contribution >= 0.6 is 0 Å². The van der Waals surface area contributed by atoms with Crippen molar-refractivity contribution in [3.63, 3.8) is 0 Å². The highest BCUT2D eigenvalue weighted by Gasteiger charge is 2.22. The third kappa shape index (κ3) is 4.57. The Balaban J connectivity index is 1.66. The minimum Gasteiger partial charge on any atom is -0.353 e. The summed E-state index contributed by atoms with van der Waals surface area (Å²) in [6, 6.07) is 4.78. The average Bonchev–Trinajstić information content (AvgIpc) is 3.18. The molecule has 0 radical (unpaired) electrons. The van der Waals surface area contributed by atoms with E-state index in [1.807, 2.05) is 0 Å². The van der Waals surface area contributed by atoms with Gasteiger partial charge in [-0.3, -0.25) is 14.4 Å². The van der Waals surface area contributed by atoms with Gasteiger partial charge in [-0.25, -0.2) is 0 Å². The van der Waals surface area contributed by atoms with Crippen LogP contribution in [0.5, 0.6) is 0 Å². The summed E-state index contributed by atoms with van der Waals surface area (Å²) in [7, 11) is 0. The van der Waals surface area contributed by atoms with E-state index < -0.39 is 0 Å². The summed E-state index contributed by atoms with van der Waals surface area (Å²) in [6.07, 6.45) is 3.14. The lowest BCUT2D eigenvalue weighted by molar-refractivity contribution is -0.121. The van der Waals surface area contributed by atoms with Crippen molar-refractivity contribution in [1.29, 1.82) is 0 Å². The highest BCUT2D eigenvalue weighted by atomic mass is 16.2. The van der Waals surface area contributed by atoms with E-state index in [0.29, 0.717) is 25.4 Å². The van der Waals surface area contributed by atoms with Crippen LogP contribution in [0.3, 0.4) is 0 Å². The van der Waals surface area contributed by atoms with Crippen LogP contribution in [0.4, 0.5) is 0 Å². The van der Waals surface area contributed by atoms with Crippen LogP contribution in [0, 0.1) is 0 Å². The third-order valence-corrected chi connectivity index (χ3v) is 2.82. The number of amides is 2. The highest BCUT2D eigenvalue weighted by Crippen LogP contribution is 2.18. The van der Waals surface area contributed by atoms with Crippen molar-refractivity contribution in [2.24, 2.45) is 0 Å². The molecule has 0 bridgehead atoms. The van der Waals surface area contributed by atoms with Gasteiger partial charge in [-0.1, -0.05) is 6.07 Å². The topological polar surface area (TPSA) is 91.1 Å². The monoisotopic (exact) mass is 263 g/mol. The van der Waals surface area contributed by atoms with Gasteiger partial charge in [0.25, 0.3) is 5.91 Å². The zero-order valence-corrected chi connectivity index (χ0v) is 10.6. The summed E-state index contributed by atoms with van der Waals surface area (Å²) in [6.45, 7) is 0.411. The highest BCUT2D eigenvalue weighted by molar-refractivity contribution is 5.92. The van der Waals surface area contributed by atoms with E-state index in [1.54, 1.807) is 0 Å². The van der Waals surface area contributed by atoms with Gasteiger partial charge in [0.05, 0.1) is 0 Å². The standard InChI is InChI=1S/C13H17N3O3/c17-11(15-9-6-7-9)5-2-8-14-13(19)10-3-1-4-12(18)16-10/h1,3-4,9H,2,5-8H2,(H,14,19)(H,15,17)(H,16,18). The molecule has 1 saturated carbocycles. The lowest BCUT2D eigenvalue weighted by Crippen LogP contribution is -2.29. The minimum atomic E-state index is -0.333. The van der Waals surface area contributed by atoms with Crippen molar-refractivity contribution in [3.05, 3.63) is 34.2 Å². The Morgan fingerprint density at radius 1 is 1.32 bits per heavy atom. The van der Waals surface area contributed by atoms with E-state index >= 15 is 0 Å². The van der Waals surface area contributed by atoms with Crippen molar-refractivity contribution in [2.75, 3.05) is 6.54 Å². The van der Waals surface area contributed by atoms with Crippen molar-refractivity contribution < 1.29 is 9.59 Å². The first-order valence-corrected chi connectivity index (χ1v) is 6.42. The number of aromatic amines is 1. The lowest BCUT2D eigenvalue weighted by Gasteiger charge is -2.05. The molecule has 6 heteroatoms. The smallest absolute Gasteiger partial charge is 0.267 e. The number of H-pyrrole nitrogens is 1. The van der Waals surface area contributed by atoms with Crippen LogP contribution in [0.15, 0.2) is 23.0 Å². The predicted octanol–water partition coefficient (Wildman–Crippen LogP) is 0.163. The molecule has 2 rings (SSSR count). The molecule has 1 fully saturated rings. The van der Waals surface area contributed by atoms with Gasteiger partial charge in [-0.2, -0.15) is 0 Å². The Morgan fingerprint density at radius 3 is 2.79 bits per heavy atom. The predicted molar refractivity (Wildman–Crippen MR) is 69.8 cm³/mol. The van der Waals surface area contributed by atoms with Gasteiger partial charge in [0.1, 0.15) is 5.69 Å². The Morgan fingerprint density at radius 2 is 2.11 bits per heavy atom. The number of carbonyl (C=O) groups excluding carboxylic acids is 2. The fraction of sp³-hybridized carbons (Fsp3) is 0.462. The fourth-order valence-electron chi connectivity index (χ4n) is 1.65. The molecule has 3 N–H and O–H groups in total. The second-order valence-corrected chi connectivity index (χ2v) is 4.63. The number of carbonyl (C=O) groups is 2. The number of nitrogens with one attached hydrogen (secondary N) is 3. The first-order chi connectivity index (χ1) is 9.15. The van der Waals surface area contributed by atoms with Crippen molar-refractivity contribution in [3.8, 4) is 0 Å². The van der Waals surface area contributed by atoms with E-state index in [1.165, 1.54) is 18.2 Å². The quantitative estimate of drug-likeness (QED) is 0.639. The molecule has 2 amide bonds. The molecule has 1 aromatic heterocycles. The first-order valence-electron chi connectivity index (χ1n) is 6.42. The van der Waals surface area contributed by atoms with E-state index in [-0.39, 0.29) is 23.1 Å². The summed E-state index contributed by atoms with van der Waals surface area (Å²) < 4.78 is 0. The normalized spacial score (nSPS) is 13.9. The maximum absolute atomic E-state index is 11.6. The van der Waals surface area contributed by atoms with E-state index in [2.05, 4.69) is 15.6 Å². The van der Waals surface area contributed by atoms with Gasteiger partial charge in [-0.15, -0.1) is 0 Å². The molecule has 19 heavy (non-hydrogen) atoms. The molecule has 0 spiro atoms. The molecule has 102 valence electrons. The molecular weight excluding hydrogens is 246 g/mol. The number of hydrogen-bond acceptors (Lipinski definition) is 3. The Labute approximate surface area is 110 Å². The zero-order chi connectivity index (χ0) is 13.7.